The van der Waals surface area contributed by atoms with Gasteiger partial charge in [-0.25, -0.2) is 0 Å². The van der Waals surface area contributed by atoms with Crippen molar-refractivity contribution in [2.45, 2.75) is 32.6 Å². The number of phenolic OH excluding ortho intramolecular Hbond substituents is 2. The third-order valence-electron chi connectivity index (χ3n) is 3.97. The standard InChI is InChI=1S/C18H20Cl2O2/c1-2-12(9-14-6-8-18(22)16(20)11-14)3-4-13-5-7-17(21)15(19)10-13/h5-8,10-12,21-22H,2-4,9H2,1H3. The van der Waals surface area contributed by atoms with E-state index in [1.807, 2.05) is 24.3 Å². The van der Waals surface area contributed by atoms with Crippen LogP contribution < -0.4 is 0 Å². The van der Waals surface area contributed by atoms with Crippen LogP contribution in [0, 0.1) is 5.92 Å². The minimum Gasteiger partial charge on any atom is -0.506 e. The minimum absolute atomic E-state index is 0.121. The Kier molecular flexibility index (Phi) is 5.98. The molecule has 0 radical (unpaired) electrons. The highest BCUT2D eigenvalue weighted by Gasteiger charge is 2.10. The van der Waals surface area contributed by atoms with E-state index < -0.39 is 0 Å². The molecule has 0 aliphatic rings. The Morgan fingerprint density at radius 3 is 2.00 bits per heavy atom. The predicted octanol–water partition coefficient (Wildman–Crippen LogP) is 5.61. The molecule has 22 heavy (non-hydrogen) atoms. The smallest absolute Gasteiger partial charge is 0.134 e. The summed E-state index contributed by atoms with van der Waals surface area (Å²) >= 11 is 11.9. The molecule has 2 nitrogen and oxygen atoms in total. The summed E-state index contributed by atoms with van der Waals surface area (Å²) in [5, 5.41) is 19.7. The Morgan fingerprint density at radius 1 is 0.909 bits per heavy atom. The summed E-state index contributed by atoms with van der Waals surface area (Å²) in [6, 6.07) is 10.8. The first-order chi connectivity index (χ1) is 10.5. The van der Waals surface area contributed by atoms with Crippen LogP contribution in [-0.2, 0) is 12.8 Å². The van der Waals surface area contributed by atoms with Crippen molar-refractivity contribution in [3.05, 3.63) is 57.6 Å². The molecule has 2 aromatic carbocycles. The molecule has 0 fully saturated rings. The first-order valence-corrected chi connectivity index (χ1v) is 8.20. The number of halogens is 2. The summed E-state index contributed by atoms with van der Waals surface area (Å²) < 4.78 is 0. The third-order valence-corrected chi connectivity index (χ3v) is 4.57. The fourth-order valence-corrected chi connectivity index (χ4v) is 2.94. The first-order valence-electron chi connectivity index (χ1n) is 7.44. The van der Waals surface area contributed by atoms with Crippen molar-refractivity contribution in [2.75, 3.05) is 0 Å². The van der Waals surface area contributed by atoms with Gasteiger partial charge in [-0.2, -0.15) is 0 Å². The van der Waals surface area contributed by atoms with Gasteiger partial charge in [-0.15, -0.1) is 0 Å². The number of phenols is 2. The van der Waals surface area contributed by atoms with Crippen molar-refractivity contribution in [1.82, 2.24) is 0 Å². The molecule has 2 aromatic rings. The maximum Gasteiger partial charge on any atom is 0.134 e. The summed E-state index contributed by atoms with van der Waals surface area (Å²) in [7, 11) is 0. The first kappa shape index (κ1) is 17.0. The molecule has 0 saturated heterocycles. The molecule has 0 aromatic heterocycles. The Bertz CT molecular complexity index is 641. The van der Waals surface area contributed by atoms with Crippen molar-refractivity contribution in [1.29, 1.82) is 0 Å². The third kappa shape index (κ3) is 4.56. The molecule has 0 amide bonds. The topological polar surface area (TPSA) is 40.5 Å². The van der Waals surface area contributed by atoms with Gasteiger partial charge in [0, 0.05) is 0 Å². The van der Waals surface area contributed by atoms with E-state index in [0.717, 1.165) is 36.8 Å². The van der Waals surface area contributed by atoms with Gasteiger partial charge in [0.25, 0.3) is 0 Å². The monoisotopic (exact) mass is 338 g/mol. The van der Waals surface area contributed by atoms with Gasteiger partial charge in [0.15, 0.2) is 0 Å². The number of rotatable bonds is 6. The Balaban J connectivity index is 1.96. The fraction of sp³-hybridized carbons (Fsp3) is 0.333. The second-order valence-electron chi connectivity index (χ2n) is 5.59. The zero-order valence-electron chi connectivity index (χ0n) is 12.5. The molecular formula is C18H20Cl2O2. The Labute approximate surface area is 141 Å². The van der Waals surface area contributed by atoms with Crippen LogP contribution >= 0.6 is 23.2 Å². The number of benzene rings is 2. The van der Waals surface area contributed by atoms with Gasteiger partial charge in [-0.3, -0.25) is 0 Å². The van der Waals surface area contributed by atoms with Gasteiger partial charge in [-0.05, 0) is 60.6 Å². The van der Waals surface area contributed by atoms with Gasteiger partial charge in [0.2, 0.25) is 0 Å². The van der Waals surface area contributed by atoms with Crippen LogP contribution in [-0.4, -0.2) is 10.2 Å². The van der Waals surface area contributed by atoms with Crippen molar-refractivity contribution >= 4 is 23.2 Å². The van der Waals surface area contributed by atoms with E-state index in [0.29, 0.717) is 16.0 Å². The lowest BCUT2D eigenvalue weighted by molar-refractivity contribution is 0.463. The average Bonchev–Trinajstić information content (AvgIpc) is 2.50. The Morgan fingerprint density at radius 2 is 1.45 bits per heavy atom. The second kappa shape index (κ2) is 7.75. The molecule has 4 heteroatoms. The molecule has 0 bridgehead atoms. The lowest BCUT2D eigenvalue weighted by atomic mass is 9.91. The zero-order valence-corrected chi connectivity index (χ0v) is 14.0. The SMILES string of the molecule is CCC(CCc1ccc(O)c(Cl)c1)Cc1ccc(O)c(Cl)c1. The Hall–Kier alpha value is -1.38. The molecular weight excluding hydrogens is 319 g/mol. The van der Waals surface area contributed by atoms with Crippen LogP contribution in [0.2, 0.25) is 10.0 Å². The fourth-order valence-electron chi connectivity index (χ4n) is 2.54. The molecule has 1 atom stereocenters. The number of hydrogen-bond acceptors (Lipinski definition) is 2. The number of aromatic hydroxyl groups is 2. The molecule has 0 aliphatic carbocycles. The number of aryl methyl sites for hydroxylation is 1. The quantitative estimate of drug-likeness (QED) is 0.718. The van der Waals surface area contributed by atoms with Crippen LogP contribution in [0.5, 0.6) is 11.5 Å². The second-order valence-corrected chi connectivity index (χ2v) is 6.40. The molecule has 1 unspecified atom stereocenters. The maximum absolute atomic E-state index is 9.47. The van der Waals surface area contributed by atoms with Crippen LogP contribution in [0.25, 0.3) is 0 Å². The van der Waals surface area contributed by atoms with Crippen molar-refractivity contribution in [3.63, 3.8) is 0 Å². The van der Waals surface area contributed by atoms with Crippen LogP contribution in [0.4, 0.5) is 0 Å². The van der Waals surface area contributed by atoms with Gasteiger partial charge in [0.1, 0.15) is 11.5 Å². The van der Waals surface area contributed by atoms with Crippen molar-refractivity contribution in [3.8, 4) is 11.5 Å². The molecule has 118 valence electrons. The van der Waals surface area contributed by atoms with Crippen molar-refractivity contribution in [2.24, 2.45) is 5.92 Å². The normalized spacial score (nSPS) is 12.3. The van der Waals surface area contributed by atoms with E-state index in [-0.39, 0.29) is 11.5 Å². The van der Waals surface area contributed by atoms with Crippen molar-refractivity contribution < 1.29 is 10.2 Å². The van der Waals surface area contributed by atoms with Gasteiger partial charge in [0.05, 0.1) is 10.0 Å². The van der Waals surface area contributed by atoms with E-state index in [4.69, 9.17) is 23.2 Å². The highest BCUT2D eigenvalue weighted by atomic mass is 35.5. The van der Waals surface area contributed by atoms with Crippen LogP contribution in [0.3, 0.4) is 0 Å². The highest BCUT2D eigenvalue weighted by molar-refractivity contribution is 6.32. The molecule has 0 aliphatic heterocycles. The lowest BCUT2D eigenvalue weighted by Gasteiger charge is -2.15. The van der Waals surface area contributed by atoms with E-state index in [2.05, 4.69) is 6.92 Å². The highest BCUT2D eigenvalue weighted by Crippen LogP contribution is 2.28. The van der Waals surface area contributed by atoms with Crippen LogP contribution in [0.15, 0.2) is 36.4 Å². The van der Waals surface area contributed by atoms with E-state index >= 15 is 0 Å². The predicted molar refractivity (Wildman–Crippen MR) is 92.0 cm³/mol. The summed E-state index contributed by atoms with van der Waals surface area (Å²) in [4.78, 5) is 0. The van der Waals surface area contributed by atoms with Gasteiger partial charge < -0.3 is 10.2 Å². The lowest BCUT2D eigenvalue weighted by Crippen LogP contribution is -2.05. The summed E-state index contributed by atoms with van der Waals surface area (Å²) in [5.41, 5.74) is 2.27. The van der Waals surface area contributed by atoms with E-state index in [1.54, 1.807) is 12.1 Å². The maximum atomic E-state index is 9.47. The summed E-state index contributed by atoms with van der Waals surface area (Å²) in [5.74, 6) is 0.779. The van der Waals surface area contributed by atoms with E-state index in [1.165, 1.54) is 0 Å². The molecule has 2 rings (SSSR count). The minimum atomic E-state index is 0.121. The summed E-state index contributed by atoms with van der Waals surface area (Å²) in [6.45, 7) is 2.18. The van der Waals surface area contributed by atoms with Gasteiger partial charge >= 0.3 is 0 Å². The number of hydrogen-bond donors (Lipinski definition) is 2. The van der Waals surface area contributed by atoms with Gasteiger partial charge in [-0.1, -0.05) is 48.7 Å². The zero-order chi connectivity index (χ0) is 16.1. The molecule has 0 spiro atoms. The molecule has 0 heterocycles. The van der Waals surface area contributed by atoms with Crippen LogP contribution in [0.1, 0.15) is 30.9 Å². The average molecular weight is 339 g/mol. The molecule has 2 N–H and O–H groups in total. The largest absolute Gasteiger partial charge is 0.506 e. The summed E-state index contributed by atoms with van der Waals surface area (Å²) in [6.07, 6.45) is 3.97. The van der Waals surface area contributed by atoms with E-state index in [9.17, 15) is 10.2 Å². The molecule has 0 saturated carbocycles.